The molecule has 0 unspecified atom stereocenters. The van der Waals surface area contributed by atoms with Gasteiger partial charge in [0, 0.05) is 24.3 Å². The third kappa shape index (κ3) is 3.41. The highest BCUT2D eigenvalue weighted by atomic mass is 16.6. The Morgan fingerprint density at radius 2 is 2.15 bits per heavy atom. The highest BCUT2D eigenvalue weighted by Crippen LogP contribution is 2.25. The summed E-state index contributed by atoms with van der Waals surface area (Å²) in [6.07, 6.45) is 1.36. The lowest BCUT2D eigenvalue weighted by Crippen LogP contribution is -2.24. The van der Waals surface area contributed by atoms with Crippen LogP contribution in [-0.4, -0.2) is 33.1 Å². The molecule has 0 radical (unpaired) electrons. The Morgan fingerprint density at radius 1 is 1.38 bits per heavy atom. The largest absolute Gasteiger partial charge is 0.324 e. The highest BCUT2D eigenvalue weighted by Gasteiger charge is 2.23. The van der Waals surface area contributed by atoms with E-state index in [0.29, 0.717) is 24.3 Å². The van der Waals surface area contributed by atoms with Crippen LogP contribution in [-0.2, 0) is 16.1 Å². The molecule has 2 heterocycles. The average Bonchev–Trinajstić information content (AvgIpc) is 3.11. The molecule has 1 aliphatic rings. The van der Waals surface area contributed by atoms with Crippen molar-refractivity contribution in [3.63, 3.8) is 0 Å². The molecule has 0 bridgehead atoms. The number of aromatic nitrogens is 2. The number of hydrogen-bond acceptors (Lipinski definition) is 5. The van der Waals surface area contributed by atoms with Crippen LogP contribution in [0.4, 0.5) is 17.1 Å². The van der Waals surface area contributed by atoms with Crippen molar-refractivity contribution in [2.45, 2.75) is 33.2 Å². The number of nitrogens with zero attached hydrogens (tertiary/aromatic N) is 4. The number of carbonyl (C=O) groups excluding carboxylic acids is 2. The Bertz CT molecular complexity index is 889. The average molecular weight is 357 g/mol. The predicted octanol–water partition coefficient (Wildman–Crippen LogP) is 2.17. The molecule has 1 saturated heterocycles. The van der Waals surface area contributed by atoms with Crippen LogP contribution in [0.25, 0.3) is 0 Å². The van der Waals surface area contributed by atoms with Crippen LogP contribution >= 0.6 is 0 Å². The highest BCUT2D eigenvalue weighted by molar-refractivity contribution is 5.97. The first-order chi connectivity index (χ1) is 12.4. The van der Waals surface area contributed by atoms with E-state index in [1.54, 1.807) is 30.0 Å². The summed E-state index contributed by atoms with van der Waals surface area (Å²) in [5.74, 6) is -0.279. The third-order valence-corrected chi connectivity index (χ3v) is 4.33. The van der Waals surface area contributed by atoms with Crippen molar-refractivity contribution < 1.29 is 14.5 Å². The van der Waals surface area contributed by atoms with E-state index in [0.717, 1.165) is 12.1 Å². The Morgan fingerprint density at radius 3 is 2.77 bits per heavy atom. The number of anilines is 2. The van der Waals surface area contributed by atoms with Gasteiger partial charge in [-0.25, -0.2) is 0 Å². The normalized spacial score (nSPS) is 13.9. The Kier molecular flexibility index (Phi) is 4.70. The number of benzene rings is 1. The summed E-state index contributed by atoms with van der Waals surface area (Å²) in [5.41, 5.74) is 1.83. The molecule has 0 saturated carbocycles. The monoisotopic (exact) mass is 357 g/mol. The second-order valence-corrected chi connectivity index (χ2v) is 6.18. The van der Waals surface area contributed by atoms with Gasteiger partial charge in [0.05, 0.1) is 4.92 Å². The van der Waals surface area contributed by atoms with Gasteiger partial charge in [-0.2, -0.15) is 5.10 Å². The zero-order valence-electron chi connectivity index (χ0n) is 14.6. The Balaban J connectivity index is 1.72. The van der Waals surface area contributed by atoms with Gasteiger partial charge in [0.2, 0.25) is 11.8 Å². The summed E-state index contributed by atoms with van der Waals surface area (Å²) in [4.78, 5) is 36.4. The van der Waals surface area contributed by atoms with Crippen LogP contribution in [0.3, 0.4) is 0 Å². The molecule has 136 valence electrons. The number of rotatable bonds is 5. The first-order valence-corrected chi connectivity index (χ1v) is 8.25. The van der Waals surface area contributed by atoms with E-state index < -0.39 is 4.92 Å². The van der Waals surface area contributed by atoms with E-state index in [2.05, 4.69) is 10.4 Å². The quantitative estimate of drug-likeness (QED) is 0.651. The fourth-order valence-corrected chi connectivity index (χ4v) is 3.11. The minimum atomic E-state index is -0.497. The van der Waals surface area contributed by atoms with E-state index in [4.69, 9.17) is 0 Å². The van der Waals surface area contributed by atoms with Gasteiger partial charge in [0.15, 0.2) is 0 Å². The maximum atomic E-state index is 12.3. The van der Waals surface area contributed by atoms with Gasteiger partial charge in [-0.15, -0.1) is 0 Å². The molecule has 1 aromatic heterocycles. The number of hydrogen-bond donors (Lipinski definition) is 1. The minimum absolute atomic E-state index is 0.0726. The maximum Gasteiger partial charge on any atom is 0.312 e. The molecule has 9 heteroatoms. The van der Waals surface area contributed by atoms with Crippen LogP contribution in [0.5, 0.6) is 0 Å². The van der Waals surface area contributed by atoms with E-state index in [1.807, 2.05) is 6.07 Å². The fourth-order valence-electron chi connectivity index (χ4n) is 3.11. The molecule has 1 aromatic carbocycles. The predicted molar refractivity (Wildman–Crippen MR) is 95.0 cm³/mol. The molecule has 26 heavy (non-hydrogen) atoms. The van der Waals surface area contributed by atoms with Crippen LogP contribution in [0.1, 0.15) is 24.2 Å². The number of amides is 2. The van der Waals surface area contributed by atoms with Crippen LogP contribution < -0.4 is 10.2 Å². The van der Waals surface area contributed by atoms with Gasteiger partial charge < -0.3 is 10.2 Å². The van der Waals surface area contributed by atoms with Crippen LogP contribution in [0.2, 0.25) is 0 Å². The van der Waals surface area contributed by atoms with Gasteiger partial charge in [0.25, 0.3) is 0 Å². The lowest BCUT2D eigenvalue weighted by Gasteiger charge is -2.16. The van der Waals surface area contributed by atoms with E-state index in [1.165, 1.54) is 11.6 Å². The van der Waals surface area contributed by atoms with E-state index in [-0.39, 0.29) is 29.7 Å². The summed E-state index contributed by atoms with van der Waals surface area (Å²) < 4.78 is 1.32. The van der Waals surface area contributed by atoms with E-state index >= 15 is 0 Å². The summed E-state index contributed by atoms with van der Waals surface area (Å²) in [7, 11) is 0. The molecular weight excluding hydrogens is 338 g/mol. The summed E-state index contributed by atoms with van der Waals surface area (Å²) in [6, 6.07) is 7.06. The van der Waals surface area contributed by atoms with Gasteiger partial charge in [-0.3, -0.25) is 24.4 Å². The molecular formula is C17H19N5O4. The summed E-state index contributed by atoms with van der Waals surface area (Å²) in [5, 5.41) is 17.9. The lowest BCUT2D eigenvalue weighted by molar-refractivity contribution is -0.386. The zero-order chi connectivity index (χ0) is 18.8. The minimum Gasteiger partial charge on any atom is -0.324 e. The van der Waals surface area contributed by atoms with Crippen molar-refractivity contribution in [3.05, 3.63) is 45.8 Å². The number of aryl methyl sites for hydroxylation is 1. The smallest absolute Gasteiger partial charge is 0.312 e. The molecule has 1 fully saturated rings. The third-order valence-electron chi connectivity index (χ3n) is 4.33. The molecule has 1 N–H and O–H groups in total. The molecule has 0 atom stereocenters. The SMILES string of the molecule is Cc1nn(CC(=O)Nc2cccc(N3CCCC3=O)c2)c(C)c1[N+](=O)[O-]. The molecule has 9 nitrogen and oxygen atoms in total. The first kappa shape index (κ1) is 17.6. The second-order valence-electron chi connectivity index (χ2n) is 6.18. The molecule has 2 aromatic rings. The molecule has 0 aliphatic carbocycles. The van der Waals surface area contributed by atoms with Gasteiger partial charge in [-0.1, -0.05) is 6.07 Å². The zero-order valence-corrected chi connectivity index (χ0v) is 14.6. The lowest BCUT2D eigenvalue weighted by atomic mass is 10.2. The topological polar surface area (TPSA) is 110 Å². The van der Waals surface area contributed by atoms with Crippen LogP contribution in [0.15, 0.2) is 24.3 Å². The van der Waals surface area contributed by atoms with Crippen molar-refractivity contribution in [2.75, 3.05) is 16.8 Å². The Labute approximate surface area is 149 Å². The summed E-state index contributed by atoms with van der Waals surface area (Å²) in [6.45, 7) is 3.64. The number of carbonyl (C=O) groups is 2. The van der Waals surface area contributed by atoms with Crippen molar-refractivity contribution in [1.82, 2.24) is 9.78 Å². The standard InChI is InChI=1S/C17H19N5O4/c1-11-17(22(25)26)12(2)21(19-11)10-15(23)18-13-5-3-6-14(9-13)20-8-4-7-16(20)24/h3,5-6,9H,4,7-8,10H2,1-2H3,(H,18,23). The van der Waals surface area contributed by atoms with Gasteiger partial charge >= 0.3 is 5.69 Å². The molecule has 3 rings (SSSR count). The second kappa shape index (κ2) is 6.95. The van der Waals surface area contributed by atoms with Crippen molar-refractivity contribution in [2.24, 2.45) is 0 Å². The maximum absolute atomic E-state index is 12.3. The fraction of sp³-hybridized carbons (Fsp3) is 0.353. The molecule has 1 aliphatic heterocycles. The van der Waals surface area contributed by atoms with E-state index in [9.17, 15) is 19.7 Å². The number of nitrogens with one attached hydrogen (secondary N) is 1. The van der Waals surface area contributed by atoms with Gasteiger partial charge in [-0.05, 0) is 38.5 Å². The number of nitro groups is 1. The van der Waals surface area contributed by atoms with Crippen molar-refractivity contribution >= 4 is 28.9 Å². The Hall–Kier alpha value is -3.23. The van der Waals surface area contributed by atoms with Crippen LogP contribution in [0, 0.1) is 24.0 Å². The van der Waals surface area contributed by atoms with Crippen molar-refractivity contribution in [3.8, 4) is 0 Å². The van der Waals surface area contributed by atoms with Gasteiger partial charge in [0.1, 0.15) is 17.9 Å². The molecule has 2 amide bonds. The summed E-state index contributed by atoms with van der Waals surface area (Å²) >= 11 is 0. The first-order valence-electron chi connectivity index (χ1n) is 8.25. The van der Waals surface area contributed by atoms with Crippen molar-refractivity contribution in [1.29, 1.82) is 0 Å². The molecule has 0 spiro atoms.